The van der Waals surface area contributed by atoms with Crippen LogP contribution in [0.3, 0.4) is 0 Å². The smallest absolute Gasteiger partial charge is 0.287 e. The van der Waals surface area contributed by atoms with Gasteiger partial charge in [-0.05, 0) is 53.9 Å². The summed E-state index contributed by atoms with van der Waals surface area (Å²) in [6, 6.07) is 22.9. The molecule has 2 amide bonds. The van der Waals surface area contributed by atoms with E-state index >= 15 is 0 Å². The van der Waals surface area contributed by atoms with Crippen molar-refractivity contribution in [2.75, 3.05) is 0 Å². The molecule has 0 aliphatic heterocycles. The molecule has 4 aromatic rings. The Morgan fingerprint density at radius 1 is 0.943 bits per heavy atom. The lowest BCUT2D eigenvalue weighted by Gasteiger charge is -2.17. The summed E-state index contributed by atoms with van der Waals surface area (Å²) in [4.78, 5) is 37.2. The van der Waals surface area contributed by atoms with Gasteiger partial charge in [-0.15, -0.1) is 0 Å². The number of nitrogens with one attached hydrogen (secondary N) is 1. The summed E-state index contributed by atoms with van der Waals surface area (Å²) in [6.45, 7) is 1.75. The van der Waals surface area contributed by atoms with Gasteiger partial charge in [0.1, 0.15) is 17.6 Å². The van der Waals surface area contributed by atoms with Gasteiger partial charge in [0.2, 0.25) is 5.78 Å². The molecule has 0 saturated heterocycles. The normalized spacial score (nSPS) is 11.6. The van der Waals surface area contributed by atoms with E-state index in [1.54, 1.807) is 61.5 Å². The van der Waals surface area contributed by atoms with E-state index in [-0.39, 0.29) is 17.9 Å². The second kappa shape index (κ2) is 10.1. The Balaban J connectivity index is 1.59. The molecular formula is C27H23FN4O3. The van der Waals surface area contributed by atoms with Gasteiger partial charge in [-0.2, -0.15) is 5.10 Å². The molecule has 0 aliphatic rings. The average Bonchev–Trinajstić information content (AvgIpc) is 3.26. The Morgan fingerprint density at radius 3 is 2.14 bits per heavy atom. The summed E-state index contributed by atoms with van der Waals surface area (Å²) in [6.07, 6.45) is 0.119. The number of aryl methyl sites for hydroxylation is 1. The minimum Gasteiger partial charge on any atom is -0.363 e. The van der Waals surface area contributed by atoms with Gasteiger partial charge in [-0.1, -0.05) is 54.6 Å². The Bertz CT molecular complexity index is 1360. The fraction of sp³-hybridized carbons (Fsp3) is 0.111. The number of primary amides is 1. The van der Waals surface area contributed by atoms with Gasteiger partial charge < -0.3 is 11.1 Å². The molecule has 1 atom stereocenters. The molecule has 1 heterocycles. The maximum atomic E-state index is 13.2. The Labute approximate surface area is 201 Å². The summed E-state index contributed by atoms with van der Waals surface area (Å²) in [7, 11) is 0. The van der Waals surface area contributed by atoms with E-state index in [4.69, 9.17) is 5.73 Å². The van der Waals surface area contributed by atoms with Gasteiger partial charge in [0.15, 0.2) is 0 Å². The highest BCUT2D eigenvalue weighted by molar-refractivity contribution is 6.38. The quantitative estimate of drug-likeness (QED) is 0.385. The lowest BCUT2D eigenvalue weighted by molar-refractivity contribution is -0.137. The molecule has 7 nitrogen and oxygen atoms in total. The lowest BCUT2D eigenvalue weighted by atomic mass is 10.0. The van der Waals surface area contributed by atoms with E-state index in [1.165, 1.54) is 16.8 Å². The van der Waals surface area contributed by atoms with E-state index in [9.17, 15) is 18.8 Å². The molecule has 3 N–H and O–H groups in total. The molecule has 1 aromatic heterocycles. The van der Waals surface area contributed by atoms with Crippen molar-refractivity contribution in [3.63, 3.8) is 0 Å². The standard InChI is InChI=1S/C27H23FN4O3/c1-17-15-24(27(35)30-23(25(33)26(29)34)16-18-5-3-2-4-6-18)32(31-17)22-13-9-20(10-14-22)19-7-11-21(28)12-8-19/h2-15,23H,16H2,1H3,(H2,29,34)(H,30,35). The van der Waals surface area contributed by atoms with Crippen LogP contribution in [0.5, 0.6) is 0 Å². The fourth-order valence-electron chi connectivity index (χ4n) is 3.76. The summed E-state index contributed by atoms with van der Waals surface area (Å²) >= 11 is 0. The van der Waals surface area contributed by atoms with Crippen LogP contribution in [0.4, 0.5) is 4.39 Å². The van der Waals surface area contributed by atoms with Gasteiger partial charge in [-0.3, -0.25) is 14.4 Å². The Hall–Kier alpha value is -4.59. The first-order chi connectivity index (χ1) is 16.8. The first-order valence-electron chi connectivity index (χ1n) is 10.9. The minimum atomic E-state index is -1.12. The molecule has 4 rings (SSSR count). The molecule has 0 radical (unpaired) electrons. The molecule has 35 heavy (non-hydrogen) atoms. The van der Waals surface area contributed by atoms with Crippen molar-refractivity contribution in [3.8, 4) is 16.8 Å². The van der Waals surface area contributed by atoms with Crippen molar-refractivity contribution in [2.24, 2.45) is 5.73 Å². The van der Waals surface area contributed by atoms with E-state index in [1.807, 2.05) is 18.2 Å². The number of carbonyl (C=O) groups excluding carboxylic acids is 3. The average molecular weight is 471 g/mol. The van der Waals surface area contributed by atoms with E-state index < -0.39 is 23.6 Å². The molecule has 0 bridgehead atoms. The number of halogens is 1. The van der Waals surface area contributed by atoms with Gasteiger partial charge in [-0.25, -0.2) is 9.07 Å². The van der Waals surface area contributed by atoms with E-state index in [0.29, 0.717) is 11.4 Å². The molecule has 0 fully saturated rings. The lowest BCUT2D eigenvalue weighted by Crippen LogP contribution is -2.47. The maximum Gasteiger partial charge on any atom is 0.287 e. The number of aromatic nitrogens is 2. The van der Waals surface area contributed by atoms with Crippen molar-refractivity contribution in [3.05, 3.63) is 108 Å². The largest absolute Gasteiger partial charge is 0.363 e. The van der Waals surface area contributed by atoms with Crippen LogP contribution in [0, 0.1) is 12.7 Å². The highest BCUT2D eigenvalue weighted by Gasteiger charge is 2.27. The van der Waals surface area contributed by atoms with Gasteiger partial charge >= 0.3 is 0 Å². The zero-order valence-electron chi connectivity index (χ0n) is 18.9. The molecule has 176 valence electrons. The number of benzene rings is 3. The van der Waals surface area contributed by atoms with Crippen LogP contribution in [0.25, 0.3) is 16.8 Å². The summed E-state index contributed by atoms with van der Waals surface area (Å²) in [5.41, 5.74) is 9.13. The third-order valence-corrected chi connectivity index (χ3v) is 5.50. The second-order valence-electron chi connectivity index (χ2n) is 8.08. The van der Waals surface area contributed by atoms with Gasteiger partial charge in [0, 0.05) is 6.42 Å². The molecule has 8 heteroatoms. The summed E-state index contributed by atoms with van der Waals surface area (Å²) in [5.74, 6) is -2.88. The second-order valence-corrected chi connectivity index (χ2v) is 8.08. The van der Waals surface area contributed by atoms with Crippen molar-refractivity contribution in [2.45, 2.75) is 19.4 Å². The maximum absolute atomic E-state index is 13.2. The van der Waals surface area contributed by atoms with Crippen LogP contribution in [-0.4, -0.2) is 33.4 Å². The SMILES string of the molecule is Cc1cc(C(=O)NC(Cc2ccccc2)C(=O)C(N)=O)n(-c2ccc(-c3ccc(F)cc3)cc2)n1. The zero-order valence-corrected chi connectivity index (χ0v) is 18.9. The number of amides is 2. The van der Waals surface area contributed by atoms with Crippen LogP contribution < -0.4 is 11.1 Å². The first kappa shape index (κ1) is 23.6. The van der Waals surface area contributed by atoms with Crippen molar-refractivity contribution in [1.82, 2.24) is 15.1 Å². The Kier molecular flexibility index (Phi) is 6.82. The number of nitrogens with two attached hydrogens (primary N) is 1. The summed E-state index contributed by atoms with van der Waals surface area (Å²) < 4.78 is 14.7. The monoisotopic (exact) mass is 470 g/mol. The third kappa shape index (κ3) is 5.50. The number of nitrogens with zero attached hydrogens (tertiary/aromatic N) is 2. The van der Waals surface area contributed by atoms with Crippen LogP contribution >= 0.6 is 0 Å². The highest BCUT2D eigenvalue weighted by Crippen LogP contribution is 2.22. The number of ketones is 1. The minimum absolute atomic E-state index is 0.119. The van der Waals surface area contributed by atoms with Crippen LogP contribution in [-0.2, 0) is 16.0 Å². The molecule has 0 aliphatic carbocycles. The predicted molar refractivity (Wildman–Crippen MR) is 129 cm³/mol. The molecule has 3 aromatic carbocycles. The fourth-order valence-corrected chi connectivity index (χ4v) is 3.76. The molecule has 0 saturated carbocycles. The number of Topliss-reactive ketones (excluding diaryl/α,β-unsaturated/α-hetero) is 1. The van der Waals surface area contributed by atoms with Gasteiger partial charge in [0.05, 0.1) is 11.4 Å². The van der Waals surface area contributed by atoms with E-state index in [2.05, 4.69) is 10.4 Å². The van der Waals surface area contributed by atoms with Crippen LogP contribution in [0.1, 0.15) is 21.7 Å². The van der Waals surface area contributed by atoms with E-state index in [0.717, 1.165) is 16.7 Å². The van der Waals surface area contributed by atoms with Crippen molar-refractivity contribution in [1.29, 1.82) is 0 Å². The van der Waals surface area contributed by atoms with Crippen LogP contribution in [0.15, 0.2) is 84.9 Å². The zero-order chi connectivity index (χ0) is 24.9. The molecule has 1 unspecified atom stereocenters. The third-order valence-electron chi connectivity index (χ3n) is 5.50. The van der Waals surface area contributed by atoms with Gasteiger partial charge in [0.25, 0.3) is 11.8 Å². The first-order valence-corrected chi connectivity index (χ1v) is 10.9. The van der Waals surface area contributed by atoms with Crippen LogP contribution in [0.2, 0.25) is 0 Å². The molecular weight excluding hydrogens is 447 g/mol. The topological polar surface area (TPSA) is 107 Å². The number of hydrogen-bond donors (Lipinski definition) is 2. The number of hydrogen-bond acceptors (Lipinski definition) is 4. The van der Waals surface area contributed by atoms with Crippen molar-refractivity contribution >= 4 is 17.6 Å². The number of carbonyl (C=O) groups is 3. The number of rotatable bonds is 8. The summed E-state index contributed by atoms with van der Waals surface area (Å²) in [5, 5.41) is 7.06. The molecule has 0 spiro atoms. The Morgan fingerprint density at radius 2 is 1.54 bits per heavy atom. The highest BCUT2D eigenvalue weighted by atomic mass is 19.1. The predicted octanol–water partition coefficient (Wildman–Crippen LogP) is 3.38. The van der Waals surface area contributed by atoms with Crippen molar-refractivity contribution < 1.29 is 18.8 Å².